The number of benzene rings is 1. The fraction of sp³-hybridized carbons (Fsp3) is 0.267. The summed E-state index contributed by atoms with van der Waals surface area (Å²) in [6, 6.07) is 10.5. The Balaban J connectivity index is 2.00. The van der Waals surface area contributed by atoms with Crippen LogP contribution in [0.4, 0.5) is 0 Å². The van der Waals surface area contributed by atoms with Crippen molar-refractivity contribution in [3.63, 3.8) is 0 Å². The SMILES string of the molecule is CCc1nc2n(n1)-c1nc3ccccc3cc1CCS2. The van der Waals surface area contributed by atoms with Crippen LogP contribution in [0.25, 0.3) is 16.7 Å². The summed E-state index contributed by atoms with van der Waals surface area (Å²) in [5.41, 5.74) is 2.26. The minimum absolute atomic E-state index is 0.851. The Labute approximate surface area is 121 Å². The molecule has 0 saturated carbocycles. The molecular formula is C15H14N4S. The molecule has 0 unspecified atom stereocenters. The predicted octanol–water partition coefficient (Wildman–Crippen LogP) is 3.03. The van der Waals surface area contributed by atoms with E-state index in [0.717, 1.165) is 40.9 Å². The Morgan fingerprint density at radius 2 is 2.15 bits per heavy atom. The summed E-state index contributed by atoms with van der Waals surface area (Å²) in [6.45, 7) is 2.08. The van der Waals surface area contributed by atoms with Crippen molar-refractivity contribution < 1.29 is 0 Å². The van der Waals surface area contributed by atoms with Gasteiger partial charge in [0, 0.05) is 17.6 Å². The van der Waals surface area contributed by atoms with Crippen LogP contribution in [0.5, 0.6) is 0 Å². The molecular weight excluding hydrogens is 268 g/mol. The summed E-state index contributed by atoms with van der Waals surface area (Å²) >= 11 is 1.76. The molecule has 3 aromatic rings. The van der Waals surface area contributed by atoms with Crippen LogP contribution in [-0.4, -0.2) is 25.5 Å². The first-order chi connectivity index (χ1) is 9.85. The van der Waals surface area contributed by atoms with E-state index in [9.17, 15) is 0 Å². The summed E-state index contributed by atoms with van der Waals surface area (Å²) in [4.78, 5) is 9.39. The number of hydrogen-bond acceptors (Lipinski definition) is 4. The third-order valence-corrected chi connectivity index (χ3v) is 4.45. The molecule has 0 radical (unpaired) electrons. The second-order valence-electron chi connectivity index (χ2n) is 4.84. The molecule has 100 valence electrons. The third kappa shape index (κ3) is 1.81. The highest BCUT2D eigenvalue weighted by molar-refractivity contribution is 7.99. The lowest BCUT2D eigenvalue weighted by molar-refractivity contribution is 0.753. The molecule has 3 heterocycles. The number of thioether (sulfide) groups is 1. The molecule has 2 aromatic heterocycles. The summed E-state index contributed by atoms with van der Waals surface area (Å²) in [7, 11) is 0. The second kappa shape index (κ2) is 4.59. The smallest absolute Gasteiger partial charge is 0.192 e. The molecule has 0 aliphatic carbocycles. The molecule has 0 fully saturated rings. The maximum atomic E-state index is 4.81. The highest BCUT2D eigenvalue weighted by Gasteiger charge is 2.19. The van der Waals surface area contributed by atoms with Crippen LogP contribution < -0.4 is 0 Å². The van der Waals surface area contributed by atoms with Crippen molar-refractivity contribution >= 4 is 22.7 Å². The van der Waals surface area contributed by atoms with Crippen LogP contribution in [0.2, 0.25) is 0 Å². The zero-order valence-electron chi connectivity index (χ0n) is 11.2. The topological polar surface area (TPSA) is 43.6 Å². The molecule has 1 aliphatic heterocycles. The van der Waals surface area contributed by atoms with Crippen LogP contribution in [0.15, 0.2) is 35.5 Å². The van der Waals surface area contributed by atoms with Crippen molar-refractivity contribution in [3.05, 3.63) is 41.7 Å². The van der Waals surface area contributed by atoms with E-state index >= 15 is 0 Å². The lowest BCUT2D eigenvalue weighted by Crippen LogP contribution is -2.04. The van der Waals surface area contributed by atoms with Gasteiger partial charge in [0.1, 0.15) is 0 Å². The monoisotopic (exact) mass is 282 g/mol. The summed E-state index contributed by atoms with van der Waals surface area (Å²) in [5.74, 6) is 2.85. The number of aryl methyl sites for hydroxylation is 2. The summed E-state index contributed by atoms with van der Waals surface area (Å²) in [6.07, 6.45) is 1.85. The number of aromatic nitrogens is 4. The number of nitrogens with zero attached hydrogens (tertiary/aromatic N) is 4. The lowest BCUT2D eigenvalue weighted by atomic mass is 10.1. The van der Waals surface area contributed by atoms with Gasteiger partial charge in [-0.25, -0.2) is 9.97 Å². The molecule has 4 rings (SSSR count). The van der Waals surface area contributed by atoms with Gasteiger partial charge in [-0.2, -0.15) is 4.68 Å². The van der Waals surface area contributed by atoms with E-state index in [1.165, 1.54) is 10.9 Å². The fourth-order valence-corrected chi connectivity index (χ4v) is 3.41. The van der Waals surface area contributed by atoms with Crippen molar-refractivity contribution in [3.8, 4) is 5.82 Å². The van der Waals surface area contributed by atoms with E-state index in [1.807, 2.05) is 16.8 Å². The zero-order valence-corrected chi connectivity index (χ0v) is 12.0. The first-order valence-corrected chi connectivity index (χ1v) is 7.81. The van der Waals surface area contributed by atoms with Gasteiger partial charge in [0.05, 0.1) is 5.52 Å². The first kappa shape index (κ1) is 11.9. The van der Waals surface area contributed by atoms with Gasteiger partial charge in [-0.05, 0) is 24.1 Å². The van der Waals surface area contributed by atoms with Gasteiger partial charge in [-0.15, -0.1) is 5.10 Å². The van der Waals surface area contributed by atoms with Gasteiger partial charge in [-0.1, -0.05) is 36.9 Å². The average molecular weight is 282 g/mol. The van der Waals surface area contributed by atoms with Gasteiger partial charge in [0.25, 0.3) is 0 Å². The van der Waals surface area contributed by atoms with E-state index in [4.69, 9.17) is 4.98 Å². The Kier molecular flexibility index (Phi) is 2.73. The van der Waals surface area contributed by atoms with Gasteiger partial charge < -0.3 is 0 Å². The molecule has 4 nitrogen and oxygen atoms in total. The fourth-order valence-electron chi connectivity index (χ4n) is 2.49. The summed E-state index contributed by atoms with van der Waals surface area (Å²) in [5, 5.41) is 6.75. The van der Waals surface area contributed by atoms with Crippen LogP contribution >= 0.6 is 11.8 Å². The second-order valence-corrected chi connectivity index (χ2v) is 5.90. The highest BCUT2D eigenvalue weighted by Crippen LogP contribution is 2.29. The van der Waals surface area contributed by atoms with Gasteiger partial charge in [0.2, 0.25) is 0 Å². The summed E-state index contributed by atoms with van der Waals surface area (Å²) < 4.78 is 1.91. The van der Waals surface area contributed by atoms with Crippen LogP contribution in [0.3, 0.4) is 0 Å². The number of hydrogen-bond donors (Lipinski definition) is 0. The lowest BCUT2D eigenvalue weighted by Gasteiger charge is -2.07. The largest absolute Gasteiger partial charge is 0.228 e. The van der Waals surface area contributed by atoms with E-state index in [2.05, 4.69) is 35.2 Å². The number of pyridine rings is 1. The zero-order chi connectivity index (χ0) is 13.5. The Hall–Kier alpha value is -1.88. The van der Waals surface area contributed by atoms with E-state index in [1.54, 1.807) is 11.8 Å². The first-order valence-electron chi connectivity index (χ1n) is 6.83. The van der Waals surface area contributed by atoms with E-state index in [-0.39, 0.29) is 0 Å². The predicted molar refractivity (Wildman–Crippen MR) is 80.5 cm³/mol. The van der Waals surface area contributed by atoms with E-state index < -0.39 is 0 Å². The van der Waals surface area contributed by atoms with Crippen LogP contribution in [0, 0.1) is 0 Å². The molecule has 5 heteroatoms. The Morgan fingerprint density at radius 1 is 1.25 bits per heavy atom. The van der Waals surface area contributed by atoms with Crippen molar-refractivity contribution in [2.75, 3.05) is 5.75 Å². The quantitative estimate of drug-likeness (QED) is 0.688. The minimum atomic E-state index is 0.851. The maximum absolute atomic E-state index is 4.81. The number of para-hydroxylation sites is 1. The maximum Gasteiger partial charge on any atom is 0.192 e. The standard InChI is InChI=1S/C15H14N4S/c1-2-13-17-15-19(18-13)14-11(7-8-20-15)9-10-5-3-4-6-12(10)16-14/h3-6,9H,2,7-8H2,1H3. The number of rotatable bonds is 1. The molecule has 0 amide bonds. The molecule has 1 aliphatic rings. The van der Waals surface area contributed by atoms with Crippen LogP contribution in [0.1, 0.15) is 18.3 Å². The molecule has 20 heavy (non-hydrogen) atoms. The van der Waals surface area contributed by atoms with Crippen molar-refractivity contribution in [1.29, 1.82) is 0 Å². The minimum Gasteiger partial charge on any atom is -0.228 e. The van der Waals surface area contributed by atoms with Crippen molar-refractivity contribution in [2.45, 2.75) is 24.9 Å². The molecule has 0 spiro atoms. The molecule has 0 bridgehead atoms. The Morgan fingerprint density at radius 3 is 3.05 bits per heavy atom. The molecule has 0 N–H and O–H groups in total. The van der Waals surface area contributed by atoms with Crippen LogP contribution in [-0.2, 0) is 12.8 Å². The van der Waals surface area contributed by atoms with Gasteiger partial charge in [-0.3, -0.25) is 0 Å². The normalized spacial score (nSPS) is 13.8. The van der Waals surface area contributed by atoms with Gasteiger partial charge >= 0.3 is 0 Å². The van der Waals surface area contributed by atoms with Gasteiger partial charge in [0.15, 0.2) is 16.8 Å². The molecule has 0 atom stereocenters. The third-order valence-electron chi connectivity index (χ3n) is 3.52. The van der Waals surface area contributed by atoms with E-state index in [0.29, 0.717) is 0 Å². The molecule has 0 saturated heterocycles. The molecule has 1 aromatic carbocycles. The highest BCUT2D eigenvalue weighted by atomic mass is 32.2. The van der Waals surface area contributed by atoms with Crippen molar-refractivity contribution in [1.82, 2.24) is 19.7 Å². The number of fused-ring (bicyclic) bond motifs is 4. The average Bonchev–Trinajstić information content (AvgIpc) is 2.83. The Bertz CT molecular complexity index is 794. The van der Waals surface area contributed by atoms with Crippen molar-refractivity contribution in [2.24, 2.45) is 0 Å².